The first kappa shape index (κ1) is 10.9. The first-order chi connectivity index (χ1) is 5.88. The zero-order chi connectivity index (χ0) is 10.1. The molecule has 0 aromatic carbocycles. The lowest BCUT2D eigenvalue weighted by atomic mass is 10.3. The Labute approximate surface area is 88.3 Å². The van der Waals surface area contributed by atoms with Crippen molar-refractivity contribution in [3.05, 3.63) is 27.5 Å². The molecule has 0 amide bonds. The summed E-state index contributed by atoms with van der Waals surface area (Å²) < 4.78 is 33.3. The molecule has 7 heteroatoms. The van der Waals surface area contributed by atoms with Crippen molar-refractivity contribution in [2.75, 3.05) is 0 Å². The Kier molecular flexibility index (Phi) is 3.26. The van der Waals surface area contributed by atoms with E-state index in [4.69, 9.17) is 11.6 Å². The van der Waals surface area contributed by atoms with E-state index in [2.05, 4.69) is 20.9 Å². The summed E-state index contributed by atoms with van der Waals surface area (Å²) in [5.41, 5.74) is 0.252. The number of rotatable bonds is 2. The van der Waals surface area contributed by atoms with E-state index in [9.17, 15) is 12.3 Å². The predicted molar refractivity (Wildman–Crippen MR) is 50.7 cm³/mol. The van der Waals surface area contributed by atoms with Crippen molar-refractivity contribution < 1.29 is 12.3 Å². The molecule has 13 heavy (non-hydrogen) atoms. The van der Waals surface area contributed by atoms with Gasteiger partial charge in [-0.2, -0.15) is 8.42 Å². The summed E-state index contributed by atoms with van der Waals surface area (Å²) >= 11 is 8.53. The fourth-order valence-corrected chi connectivity index (χ4v) is 2.08. The van der Waals surface area contributed by atoms with Crippen molar-refractivity contribution in [1.29, 1.82) is 0 Å². The van der Waals surface area contributed by atoms with Gasteiger partial charge in [-0.25, -0.2) is 4.98 Å². The maximum Gasteiger partial charge on any atom is 0.306 e. The molecule has 0 bridgehead atoms. The van der Waals surface area contributed by atoms with Crippen LogP contribution < -0.4 is 0 Å². The van der Waals surface area contributed by atoms with Gasteiger partial charge in [-0.15, -0.1) is 3.89 Å². The van der Waals surface area contributed by atoms with Gasteiger partial charge in [-0.1, -0.05) is 11.6 Å². The van der Waals surface area contributed by atoms with Crippen LogP contribution in [0.5, 0.6) is 0 Å². The predicted octanol–water partition coefficient (Wildman–Crippen LogP) is 2.30. The Balaban J connectivity index is 3.08. The van der Waals surface area contributed by atoms with Gasteiger partial charge in [0.05, 0.1) is 0 Å². The first-order valence-corrected chi connectivity index (χ1v) is 5.83. The van der Waals surface area contributed by atoms with E-state index in [1.54, 1.807) is 0 Å². The van der Waals surface area contributed by atoms with E-state index in [-0.39, 0.29) is 10.7 Å². The molecule has 0 N–H and O–H groups in total. The van der Waals surface area contributed by atoms with Crippen molar-refractivity contribution in [3.63, 3.8) is 0 Å². The smallest absolute Gasteiger partial charge is 0.243 e. The largest absolute Gasteiger partial charge is 0.306 e. The van der Waals surface area contributed by atoms with Gasteiger partial charge in [-0.3, -0.25) is 0 Å². The molecule has 0 aliphatic rings. The summed E-state index contributed by atoms with van der Waals surface area (Å²) in [7, 11) is -4.53. The Morgan fingerprint density at radius 1 is 1.62 bits per heavy atom. The summed E-state index contributed by atoms with van der Waals surface area (Å²) in [6, 6.07) is 1.29. The zero-order valence-corrected chi connectivity index (χ0v) is 9.33. The standard InChI is InChI=1S/C6H4BrClFNO2S/c7-5-2-10-6(8)1-4(5)3-13(9,11)12/h1-2H,3H2. The zero-order valence-electron chi connectivity index (χ0n) is 6.17. The molecule has 0 saturated carbocycles. The first-order valence-electron chi connectivity index (χ1n) is 3.11. The summed E-state index contributed by atoms with van der Waals surface area (Å²) in [5.74, 6) is -0.699. The van der Waals surface area contributed by atoms with Gasteiger partial charge in [0.1, 0.15) is 10.9 Å². The van der Waals surface area contributed by atoms with Crippen molar-refractivity contribution in [1.82, 2.24) is 4.98 Å². The molecule has 3 nitrogen and oxygen atoms in total. The lowest BCUT2D eigenvalue weighted by Gasteiger charge is -2.00. The van der Waals surface area contributed by atoms with Crippen LogP contribution in [-0.2, 0) is 16.0 Å². The summed E-state index contributed by atoms with van der Waals surface area (Å²) in [6.07, 6.45) is 1.32. The summed E-state index contributed by atoms with van der Waals surface area (Å²) in [6.45, 7) is 0. The van der Waals surface area contributed by atoms with Crippen LogP contribution in [0, 0.1) is 0 Å². The van der Waals surface area contributed by atoms with Crippen molar-refractivity contribution in [3.8, 4) is 0 Å². The van der Waals surface area contributed by atoms with Crippen LogP contribution in [0.15, 0.2) is 16.7 Å². The Bertz CT molecular complexity index is 423. The van der Waals surface area contributed by atoms with Crippen molar-refractivity contribution >= 4 is 37.8 Å². The molecular formula is C6H4BrClFNO2S. The van der Waals surface area contributed by atoms with E-state index in [1.807, 2.05) is 0 Å². The molecule has 1 aromatic heterocycles. The van der Waals surface area contributed by atoms with Gasteiger partial charge in [0.25, 0.3) is 0 Å². The highest BCUT2D eigenvalue weighted by atomic mass is 79.9. The molecule has 72 valence electrons. The fraction of sp³-hybridized carbons (Fsp3) is 0.167. The van der Waals surface area contributed by atoms with Crippen LogP contribution in [0.4, 0.5) is 3.89 Å². The van der Waals surface area contributed by atoms with Gasteiger partial charge in [0, 0.05) is 10.7 Å². The molecule has 0 atom stereocenters. The summed E-state index contributed by atoms with van der Waals surface area (Å²) in [5, 5.41) is 0.127. The molecule has 1 rings (SSSR count). The number of hydrogen-bond donors (Lipinski definition) is 0. The molecule has 0 spiro atoms. The van der Waals surface area contributed by atoms with E-state index >= 15 is 0 Å². The van der Waals surface area contributed by atoms with E-state index in [0.717, 1.165) is 0 Å². The van der Waals surface area contributed by atoms with Gasteiger partial charge >= 0.3 is 10.2 Å². The SMILES string of the molecule is O=S(=O)(F)Cc1cc(Cl)ncc1Br. The summed E-state index contributed by atoms with van der Waals surface area (Å²) in [4.78, 5) is 3.67. The minimum Gasteiger partial charge on any atom is -0.243 e. The molecule has 0 fully saturated rings. The van der Waals surface area contributed by atoms with Crippen molar-refractivity contribution in [2.45, 2.75) is 5.75 Å². The monoisotopic (exact) mass is 287 g/mol. The molecule has 0 saturated heterocycles. The normalized spacial score (nSPS) is 11.6. The van der Waals surface area contributed by atoms with E-state index < -0.39 is 16.0 Å². The van der Waals surface area contributed by atoms with Gasteiger partial charge in [0.15, 0.2) is 0 Å². The topological polar surface area (TPSA) is 47.0 Å². The molecule has 0 aliphatic heterocycles. The van der Waals surface area contributed by atoms with Crippen LogP contribution in [-0.4, -0.2) is 13.4 Å². The highest BCUT2D eigenvalue weighted by molar-refractivity contribution is 9.10. The van der Waals surface area contributed by atoms with Gasteiger partial charge in [0.2, 0.25) is 0 Å². The maximum absolute atomic E-state index is 12.3. The highest BCUT2D eigenvalue weighted by Crippen LogP contribution is 2.21. The number of halogens is 3. The minimum absolute atomic E-state index is 0.127. The lowest BCUT2D eigenvalue weighted by molar-refractivity contribution is 0.551. The molecular weight excluding hydrogens is 284 g/mol. The second-order valence-corrected chi connectivity index (χ2v) is 4.89. The third-order valence-electron chi connectivity index (χ3n) is 1.23. The molecule has 0 unspecified atom stereocenters. The third-order valence-corrected chi connectivity index (χ3v) is 2.81. The average Bonchev–Trinajstić information content (AvgIpc) is 1.94. The molecule has 0 radical (unpaired) electrons. The average molecular weight is 289 g/mol. The highest BCUT2D eigenvalue weighted by Gasteiger charge is 2.12. The van der Waals surface area contributed by atoms with Gasteiger partial charge in [-0.05, 0) is 27.6 Å². The Morgan fingerprint density at radius 3 is 2.77 bits per heavy atom. The Morgan fingerprint density at radius 2 is 2.23 bits per heavy atom. The molecule has 1 aromatic rings. The second kappa shape index (κ2) is 3.89. The second-order valence-electron chi connectivity index (χ2n) is 2.28. The quantitative estimate of drug-likeness (QED) is 0.620. The van der Waals surface area contributed by atoms with Crippen LogP contribution in [0.1, 0.15) is 5.56 Å². The number of aromatic nitrogens is 1. The number of nitrogens with zero attached hydrogens (tertiary/aromatic N) is 1. The number of hydrogen-bond acceptors (Lipinski definition) is 3. The Hall–Kier alpha value is -0.200. The van der Waals surface area contributed by atoms with Crippen LogP contribution >= 0.6 is 27.5 Å². The van der Waals surface area contributed by atoms with E-state index in [1.165, 1.54) is 12.3 Å². The third kappa shape index (κ3) is 3.58. The van der Waals surface area contributed by atoms with Gasteiger partial charge < -0.3 is 0 Å². The van der Waals surface area contributed by atoms with Crippen LogP contribution in [0.25, 0.3) is 0 Å². The molecule has 0 aliphatic carbocycles. The molecule has 1 heterocycles. The lowest BCUT2D eigenvalue weighted by Crippen LogP contribution is -1.97. The maximum atomic E-state index is 12.3. The number of pyridine rings is 1. The van der Waals surface area contributed by atoms with E-state index in [0.29, 0.717) is 4.47 Å². The minimum atomic E-state index is -4.53. The van der Waals surface area contributed by atoms with Crippen molar-refractivity contribution in [2.24, 2.45) is 0 Å². The van der Waals surface area contributed by atoms with Crippen LogP contribution in [0.3, 0.4) is 0 Å². The fourth-order valence-electron chi connectivity index (χ4n) is 0.748. The van der Waals surface area contributed by atoms with Crippen LogP contribution in [0.2, 0.25) is 5.15 Å².